The van der Waals surface area contributed by atoms with Crippen molar-refractivity contribution < 1.29 is 9.90 Å². The molecular formula is C33H36N4O3. The van der Waals surface area contributed by atoms with Gasteiger partial charge in [-0.25, -0.2) is 0 Å². The molecule has 1 aliphatic heterocycles. The summed E-state index contributed by atoms with van der Waals surface area (Å²) in [5, 5.41) is 14.8. The molecule has 2 aromatic carbocycles. The van der Waals surface area contributed by atoms with Crippen LogP contribution < -0.4 is 10.9 Å². The van der Waals surface area contributed by atoms with Crippen LogP contribution in [0, 0.1) is 0 Å². The predicted octanol–water partition coefficient (Wildman–Crippen LogP) is 5.20. The first-order valence-electron chi connectivity index (χ1n) is 14.4. The summed E-state index contributed by atoms with van der Waals surface area (Å²) in [5.74, 6) is -0.810. The van der Waals surface area contributed by atoms with Crippen LogP contribution in [0.3, 0.4) is 0 Å². The van der Waals surface area contributed by atoms with Crippen LogP contribution in [0.5, 0.6) is 5.75 Å². The normalized spacial score (nSPS) is 21.7. The highest BCUT2D eigenvalue weighted by atomic mass is 16.3. The number of carbonyl (C=O) groups is 1. The smallest absolute Gasteiger partial charge is 0.268 e. The molecular weight excluding hydrogens is 500 g/mol. The summed E-state index contributed by atoms with van der Waals surface area (Å²) in [6, 6.07) is 23.9. The SMILES string of the molecule is CCC(NC(=O)c1c(O)c2ccccc2n(Cc2ccccn2)c1=O)N1CCC2(c3ccccc3)CCCC1C2. The number of para-hydroxylation sites is 1. The number of nitrogens with zero attached hydrogens (tertiary/aromatic N) is 3. The molecule has 2 fully saturated rings. The van der Waals surface area contributed by atoms with E-state index in [0.29, 0.717) is 29.1 Å². The molecule has 2 aliphatic rings. The molecule has 3 unspecified atom stereocenters. The van der Waals surface area contributed by atoms with Crippen molar-refractivity contribution >= 4 is 16.8 Å². The lowest BCUT2D eigenvalue weighted by Gasteiger charge is -2.53. The number of carbonyl (C=O) groups excluding carboxylic acids is 1. The van der Waals surface area contributed by atoms with Crippen molar-refractivity contribution in [3.63, 3.8) is 0 Å². The van der Waals surface area contributed by atoms with Gasteiger partial charge in [0.25, 0.3) is 11.5 Å². The quantitative estimate of drug-likeness (QED) is 0.339. The zero-order chi connectivity index (χ0) is 27.7. The second-order valence-corrected chi connectivity index (χ2v) is 11.2. The maximum Gasteiger partial charge on any atom is 0.268 e. The fourth-order valence-electron chi connectivity index (χ4n) is 7.02. The number of aromatic nitrogens is 2. The Morgan fingerprint density at radius 3 is 2.62 bits per heavy atom. The third kappa shape index (κ3) is 4.68. The van der Waals surface area contributed by atoms with Gasteiger partial charge in [0, 0.05) is 24.2 Å². The van der Waals surface area contributed by atoms with E-state index >= 15 is 0 Å². The molecule has 1 amide bonds. The molecule has 1 aliphatic carbocycles. The Morgan fingerprint density at radius 2 is 1.85 bits per heavy atom. The van der Waals surface area contributed by atoms with Crippen molar-refractivity contribution in [2.75, 3.05) is 6.54 Å². The van der Waals surface area contributed by atoms with Crippen LogP contribution in [0.15, 0.2) is 83.8 Å². The second kappa shape index (κ2) is 10.9. The molecule has 6 rings (SSSR count). The Balaban J connectivity index is 1.29. The molecule has 3 heterocycles. The Labute approximate surface area is 234 Å². The third-order valence-electron chi connectivity index (χ3n) is 9.03. The van der Waals surface area contributed by atoms with Gasteiger partial charge in [0.1, 0.15) is 11.3 Å². The van der Waals surface area contributed by atoms with Crippen LogP contribution in [-0.2, 0) is 12.0 Å². The zero-order valence-electron chi connectivity index (χ0n) is 22.9. The van der Waals surface area contributed by atoms with Gasteiger partial charge < -0.3 is 15.0 Å². The number of hydrogen-bond donors (Lipinski definition) is 2. The lowest BCUT2D eigenvalue weighted by molar-refractivity contribution is 0.00803. The summed E-state index contributed by atoms with van der Waals surface area (Å²) in [6.07, 6.45) is 7.72. The van der Waals surface area contributed by atoms with E-state index in [0.717, 1.165) is 32.2 Å². The minimum absolute atomic E-state index is 0.193. The minimum atomic E-state index is -0.537. The van der Waals surface area contributed by atoms with Crippen molar-refractivity contribution in [3.8, 4) is 5.75 Å². The van der Waals surface area contributed by atoms with Crippen LogP contribution >= 0.6 is 0 Å². The van der Waals surface area contributed by atoms with Gasteiger partial charge in [-0.15, -0.1) is 0 Å². The van der Waals surface area contributed by atoms with Crippen molar-refractivity contribution in [2.45, 2.75) is 69.6 Å². The molecule has 2 aromatic heterocycles. The van der Waals surface area contributed by atoms with E-state index < -0.39 is 11.5 Å². The van der Waals surface area contributed by atoms with E-state index in [9.17, 15) is 14.7 Å². The van der Waals surface area contributed by atoms with Gasteiger partial charge in [0.05, 0.1) is 23.9 Å². The van der Waals surface area contributed by atoms with Gasteiger partial charge >= 0.3 is 0 Å². The van der Waals surface area contributed by atoms with Crippen molar-refractivity contribution in [1.82, 2.24) is 19.8 Å². The average Bonchev–Trinajstić information content (AvgIpc) is 2.99. The van der Waals surface area contributed by atoms with E-state index in [4.69, 9.17) is 0 Å². The predicted molar refractivity (Wildman–Crippen MR) is 156 cm³/mol. The van der Waals surface area contributed by atoms with Crippen molar-refractivity contribution in [2.24, 2.45) is 0 Å². The first-order valence-corrected chi connectivity index (χ1v) is 14.4. The standard InChI is InChI=1S/C33H36N4O3/c1-2-28(36-20-18-33(17-10-14-25(36)21-33)23-11-4-3-5-12-23)35-31(39)29-30(38)26-15-6-7-16-27(26)37(32(29)40)22-24-13-8-9-19-34-24/h3-9,11-13,15-16,19,25,28,38H,2,10,14,17-18,20-22H2,1H3,(H,35,39). The molecule has 7 heteroatoms. The lowest BCUT2D eigenvalue weighted by atomic mass is 9.63. The van der Waals surface area contributed by atoms with Gasteiger partial charge in [-0.05, 0) is 67.3 Å². The maximum absolute atomic E-state index is 13.8. The van der Waals surface area contributed by atoms with E-state index in [1.54, 1.807) is 24.4 Å². The monoisotopic (exact) mass is 536 g/mol. The Morgan fingerprint density at radius 1 is 1.07 bits per heavy atom. The molecule has 4 aromatic rings. The number of fused-ring (bicyclic) bond motifs is 3. The number of aromatic hydroxyl groups is 1. The van der Waals surface area contributed by atoms with Crippen molar-refractivity contribution in [1.29, 1.82) is 0 Å². The highest BCUT2D eigenvalue weighted by Crippen LogP contribution is 2.47. The highest BCUT2D eigenvalue weighted by Gasteiger charge is 2.45. The summed E-state index contributed by atoms with van der Waals surface area (Å²) >= 11 is 0. The lowest BCUT2D eigenvalue weighted by Crippen LogP contribution is -2.59. The second-order valence-electron chi connectivity index (χ2n) is 11.2. The molecule has 3 atom stereocenters. The average molecular weight is 537 g/mol. The molecule has 2 N–H and O–H groups in total. The van der Waals surface area contributed by atoms with Gasteiger partial charge in [0.15, 0.2) is 0 Å². The molecule has 40 heavy (non-hydrogen) atoms. The van der Waals surface area contributed by atoms with E-state index in [1.807, 2.05) is 24.3 Å². The van der Waals surface area contributed by atoms with E-state index in [-0.39, 0.29) is 29.4 Å². The number of rotatable bonds is 7. The summed E-state index contributed by atoms with van der Waals surface area (Å²) in [6.45, 7) is 3.14. The fourth-order valence-corrected chi connectivity index (χ4v) is 7.02. The minimum Gasteiger partial charge on any atom is -0.506 e. The number of nitrogens with one attached hydrogen (secondary N) is 1. The number of pyridine rings is 2. The van der Waals surface area contributed by atoms with Gasteiger partial charge in [-0.1, -0.05) is 61.9 Å². The van der Waals surface area contributed by atoms with Gasteiger partial charge in [-0.2, -0.15) is 0 Å². The van der Waals surface area contributed by atoms with Crippen LogP contribution in [-0.4, -0.2) is 44.2 Å². The molecule has 206 valence electrons. The molecule has 2 bridgehead atoms. The molecule has 0 radical (unpaired) electrons. The van der Waals surface area contributed by atoms with E-state index in [2.05, 4.69) is 52.5 Å². The van der Waals surface area contributed by atoms with Crippen LogP contribution in [0.25, 0.3) is 10.9 Å². The van der Waals surface area contributed by atoms with Crippen LogP contribution in [0.4, 0.5) is 0 Å². The van der Waals surface area contributed by atoms with Crippen molar-refractivity contribution in [3.05, 3.63) is 106 Å². The zero-order valence-corrected chi connectivity index (χ0v) is 22.9. The highest BCUT2D eigenvalue weighted by molar-refractivity contribution is 6.02. The van der Waals surface area contributed by atoms with Gasteiger partial charge in [0.2, 0.25) is 0 Å². The Bertz CT molecular complexity index is 1570. The molecule has 1 saturated heterocycles. The number of benzene rings is 2. The summed E-state index contributed by atoms with van der Waals surface area (Å²) in [4.78, 5) is 34.3. The van der Waals surface area contributed by atoms with Crippen LogP contribution in [0.1, 0.15) is 67.1 Å². The van der Waals surface area contributed by atoms with Crippen LogP contribution in [0.2, 0.25) is 0 Å². The number of amides is 1. The first-order chi connectivity index (χ1) is 19.5. The number of likely N-dealkylation sites (tertiary alicyclic amines) is 1. The Hall–Kier alpha value is -3.97. The topological polar surface area (TPSA) is 87.5 Å². The number of hydrogen-bond acceptors (Lipinski definition) is 5. The van der Waals surface area contributed by atoms with Gasteiger partial charge in [-0.3, -0.25) is 19.5 Å². The molecule has 0 spiro atoms. The summed E-state index contributed by atoms with van der Waals surface area (Å²) in [7, 11) is 0. The largest absolute Gasteiger partial charge is 0.506 e. The molecule has 1 saturated carbocycles. The summed E-state index contributed by atoms with van der Waals surface area (Å²) in [5.41, 5.74) is 2.14. The maximum atomic E-state index is 13.8. The van der Waals surface area contributed by atoms with E-state index in [1.165, 1.54) is 16.6 Å². The Kier molecular flexibility index (Phi) is 7.15. The third-order valence-corrected chi connectivity index (χ3v) is 9.03. The first kappa shape index (κ1) is 26.3. The summed E-state index contributed by atoms with van der Waals surface area (Å²) < 4.78 is 1.53. The fraction of sp³-hybridized carbons (Fsp3) is 0.364. The number of piperidine rings is 1. The molecule has 7 nitrogen and oxygen atoms in total.